The predicted molar refractivity (Wildman–Crippen MR) is 64.7 cm³/mol. The van der Waals surface area contributed by atoms with E-state index < -0.39 is 17.7 Å². The summed E-state index contributed by atoms with van der Waals surface area (Å²) >= 11 is 0. The Hall–Kier alpha value is -1.47. The van der Waals surface area contributed by atoms with Gasteiger partial charge in [0.15, 0.2) is 0 Å². The van der Waals surface area contributed by atoms with Crippen LogP contribution in [0.4, 0.5) is 8.78 Å². The lowest BCUT2D eigenvalue weighted by Crippen LogP contribution is -2.34. The fraction of sp³-hybridized carbons (Fsp3) is 0.500. The van der Waals surface area contributed by atoms with Crippen molar-refractivity contribution in [3.63, 3.8) is 0 Å². The van der Waals surface area contributed by atoms with Gasteiger partial charge in [-0.2, -0.15) is 5.26 Å². The van der Waals surface area contributed by atoms with Crippen molar-refractivity contribution < 1.29 is 8.78 Å². The molecular formula is C14H16F2N2. The molecule has 4 heteroatoms. The van der Waals surface area contributed by atoms with Crippen molar-refractivity contribution in [1.82, 2.24) is 5.32 Å². The van der Waals surface area contributed by atoms with Gasteiger partial charge in [-0.1, -0.05) is 25.3 Å². The molecule has 0 amide bonds. The van der Waals surface area contributed by atoms with Crippen LogP contribution in [0.1, 0.15) is 43.7 Å². The van der Waals surface area contributed by atoms with Crippen LogP contribution >= 0.6 is 0 Å². The van der Waals surface area contributed by atoms with Crippen LogP contribution in [-0.2, 0) is 0 Å². The Kier molecular flexibility index (Phi) is 4.27. The zero-order valence-electron chi connectivity index (χ0n) is 10.1. The molecule has 1 aliphatic carbocycles. The molecule has 2 nitrogen and oxygen atoms in total. The van der Waals surface area contributed by atoms with Crippen LogP contribution in [0, 0.1) is 23.0 Å². The lowest BCUT2D eigenvalue weighted by Gasteiger charge is -2.25. The van der Waals surface area contributed by atoms with Crippen LogP contribution in [0.5, 0.6) is 0 Å². The van der Waals surface area contributed by atoms with Gasteiger partial charge in [0.05, 0.1) is 6.07 Å². The van der Waals surface area contributed by atoms with Gasteiger partial charge in [0.1, 0.15) is 17.7 Å². The van der Waals surface area contributed by atoms with Gasteiger partial charge in [-0.3, -0.25) is 5.32 Å². The fourth-order valence-electron chi connectivity index (χ4n) is 2.44. The summed E-state index contributed by atoms with van der Waals surface area (Å²) in [7, 11) is 0. The van der Waals surface area contributed by atoms with E-state index >= 15 is 0 Å². The third-order valence-corrected chi connectivity index (χ3v) is 3.41. The molecule has 96 valence electrons. The Labute approximate surface area is 106 Å². The van der Waals surface area contributed by atoms with E-state index in [-0.39, 0.29) is 11.6 Å². The van der Waals surface area contributed by atoms with E-state index in [4.69, 9.17) is 5.26 Å². The van der Waals surface area contributed by atoms with E-state index in [0.29, 0.717) is 0 Å². The van der Waals surface area contributed by atoms with Gasteiger partial charge in [-0.25, -0.2) is 8.78 Å². The molecule has 1 aromatic rings. The first-order valence-corrected chi connectivity index (χ1v) is 6.31. The maximum Gasteiger partial charge on any atom is 0.131 e. The van der Waals surface area contributed by atoms with Gasteiger partial charge in [-0.05, 0) is 18.9 Å². The Morgan fingerprint density at radius 3 is 2.56 bits per heavy atom. The normalized spacial score (nSPS) is 18.3. The number of benzene rings is 1. The fourth-order valence-corrected chi connectivity index (χ4v) is 2.44. The highest BCUT2D eigenvalue weighted by Gasteiger charge is 2.21. The summed E-state index contributed by atoms with van der Waals surface area (Å²) in [5, 5.41) is 12.3. The van der Waals surface area contributed by atoms with E-state index in [9.17, 15) is 8.78 Å². The van der Waals surface area contributed by atoms with Gasteiger partial charge < -0.3 is 0 Å². The van der Waals surface area contributed by atoms with Crippen molar-refractivity contribution in [2.45, 2.75) is 44.2 Å². The first-order valence-electron chi connectivity index (χ1n) is 6.31. The van der Waals surface area contributed by atoms with Crippen molar-refractivity contribution in [3.8, 4) is 6.07 Å². The number of nitriles is 1. The molecule has 1 saturated carbocycles. The van der Waals surface area contributed by atoms with Crippen LogP contribution in [0.3, 0.4) is 0 Å². The summed E-state index contributed by atoms with van der Waals surface area (Å²) in [6.07, 6.45) is 5.53. The van der Waals surface area contributed by atoms with Crippen molar-refractivity contribution in [3.05, 3.63) is 35.4 Å². The average Bonchev–Trinajstić information content (AvgIpc) is 2.38. The Bertz CT molecular complexity index is 448. The second kappa shape index (κ2) is 5.92. The first kappa shape index (κ1) is 13.0. The molecule has 0 spiro atoms. The topological polar surface area (TPSA) is 35.8 Å². The average molecular weight is 250 g/mol. The third kappa shape index (κ3) is 3.05. The summed E-state index contributed by atoms with van der Waals surface area (Å²) in [6.45, 7) is 0. The minimum Gasteiger partial charge on any atom is -0.295 e. The van der Waals surface area contributed by atoms with E-state index in [1.807, 2.05) is 0 Å². The quantitative estimate of drug-likeness (QED) is 0.891. The highest BCUT2D eigenvalue weighted by atomic mass is 19.1. The molecule has 0 saturated heterocycles. The number of nitrogens with zero attached hydrogens (tertiary/aromatic N) is 1. The highest BCUT2D eigenvalue weighted by Crippen LogP contribution is 2.23. The van der Waals surface area contributed by atoms with Gasteiger partial charge in [-0.15, -0.1) is 0 Å². The molecule has 18 heavy (non-hydrogen) atoms. The van der Waals surface area contributed by atoms with Gasteiger partial charge in [0, 0.05) is 17.7 Å². The molecule has 0 aromatic heterocycles. The van der Waals surface area contributed by atoms with Crippen LogP contribution in [0.2, 0.25) is 0 Å². The zero-order chi connectivity index (χ0) is 13.0. The smallest absolute Gasteiger partial charge is 0.131 e. The minimum atomic E-state index is -0.700. The van der Waals surface area contributed by atoms with Crippen LogP contribution in [0.25, 0.3) is 0 Å². The molecule has 0 radical (unpaired) electrons. The summed E-state index contributed by atoms with van der Waals surface area (Å²) in [6, 6.07) is 4.96. The van der Waals surface area contributed by atoms with Gasteiger partial charge in [0.25, 0.3) is 0 Å². The zero-order valence-corrected chi connectivity index (χ0v) is 10.1. The van der Waals surface area contributed by atoms with Crippen molar-refractivity contribution in [2.75, 3.05) is 0 Å². The van der Waals surface area contributed by atoms with E-state index in [1.54, 1.807) is 0 Å². The Morgan fingerprint density at radius 1 is 1.22 bits per heavy atom. The molecular weight excluding hydrogens is 234 g/mol. The summed E-state index contributed by atoms with van der Waals surface area (Å²) < 4.78 is 26.4. The standard InChI is InChI=1S/C14H16F2N2/c15-10-6-7-12(13(16)8-10)14(9-17)18-11-4-2-1-3-5-11/h6-8,11,14,18H,1-5H2. The Morgan fingerprint density at radius 2 is 1.94 bits per heavy atom. The molecule has 0 aliphatic heterocycles. The lowest BCUT2D eigenvalue weighted by molar-refractivity contribution is 0.356. The number of rotatable bonds is 3. The highest BCUT2D eigenvalue weighted by molar-refractivity contribution is 5.26. The first-order chi connectivity index (χ1) is 8.70. The molecule has 1 fully saturated rings. The largest absolute Gasteiger partial charge is 0.295 e. The molecule has 0 heterocycles. The summed E-state index contributed by atoms with van der Waals surface area (Å²) in [5.41, 5.74) is 0.226. The van der Waals surface area contributed by atoms with E-state index in [1.165, 1.54) is 18.6 Å². The molecule has 1 unspecified atom stereocenters. The monoisotopic (exact) mass is 250 g/mol. The molecule has 1 atom stereocenters. The molecule has 0 bridgehead atoms. The summed E-state index contributed by atoms with van der Waals surface area (Å²) in [5.74, 6) is -1.28. The van der Waals surface area contributed by atoms with Crippen molar-refractivity contribution in [1.29, 1.82) is 5.26 Å². The molecule has 1 aromatic carbocycles. The third-order valence-electron chi connectivity index (χ3n) is 3.41. The second-order valence-corrected chi connectivity index (χ2v) is 4.73. The lowest BCUT2D eigenvalue weighted by atomic mass is 9.94. The van der Waals surface area contributed by atoms with Crippen LogP contribution in [0.15, 0.2) is 18.2 Å². The van der Waals surface area contributed by atoms with E-state index in [0.717, 1.165) is 31.7 Å². The second-order valence-electron chi connectivity index (χ2n) is 4.73. The molecule has 1 N–H and O–H groups in total. The van der Waals surface area contributed by atoms with Gasteiger partial charge in [0.2, 0.25) is 0 Å². The molecule has 2 rings (SSSR count). The van der Waals surface area contributed by atoms with Crippen molar-refractivity contribution >= 4 is 0 Å². The van der Waals surface area contributed by atoms with E-state index in [2.05, 4.69) is 11.4 Å². The number of hydrogen-bond donors (Lipinski definition) is 1. The van der Waals surface area contributed by atoms with Crippen molar-refractivity contribution in [2.24, 2.45) is 0 Å². The van der Waals surface area contributed by atoms with Crippen LogP contribution < -0.4 is 5.32 Å². The number of halogens is 2. The van der Waals surface area contributed by atoms with Crippen LogP contribution in [-0.4, -0.2) is 6.04 Å². The molecule has 1 aliphatic rings. The maximum atomic E-state index is 13.6. The Balaban J connectivity index is 2.10. The predicted octanol–water partition coefficient (Wildman–Crippen LogP) is 3.45. The van der Waals surface area contributed by atoms with Gasteiger partial charge >= 0.3 is 0 Å². The summed E-state index contributed by atoms with van der Waals surface area (Å²) in [4.78, 5) is 0. The maximum absolute atomic E-state index is 13.6. The number of hydrogen-bond acceptors (Lipinski definition) is 2. The SMILES string of the molecule is N#CC(NC1CCCCC1)c1ccc(F)cc1F. The minimum absolute atomic E-state index is 0.226. The number of nitrogens with one attached hydrogen (secondary N) is 1.